The summed E-state index contributed by atoms with van der Waals surface area (Å²) >= 11 is 6.12. The van der Waals surface area contributed by atoms with Crippen LogP contribution in [0.25, 0.3) is 10.9 Å². The number of ether oxygens (including phenoxy) is 1. The van der Waals surface area contributed by atoms with Crippen molar-refractivity contribution in [2.45, 2.75) is 12.5 Å². The third kappa shape index (κ3) is 4.85. The quantitative estimate of drug-likeness (QED) is 0.858. The zero-order valence-electron chi connectivity index (χ0n) is 12.3. The highest BCUT2D eigenvalue weighted by Crippen LogP contribution is 2.29. The summed E-state index contributed by atoms with van der Waals surface area (Å²) in [7, 11) is 0. The number of fused-ring (bicyclic) bond motifs is 1. The average Bonchev–Trinajstić information content (AvgIpc) is 3.00. The molecule has 1 saturated heterocycles. The molecule has 2 heterocycles. The van der Waals surface area contributed by atoms with Crippen molar-refractivity contribution in [2.24, 2.45) is 0 Å². The van der Waals surface area contributed by atoms with Crippen molar-refractivity contribution in [1.82, 2.24) is 15.6 Å². The molecule has 0 bridgehead atoms. The molecule has 1 atom stereocenters. The van der Waals surface area contributed by atoms with Crippen LogP contribution in [0.5, 0.6) is 5.75 Å². The third-order valence-corrected chi connectivity index (χ3v) is 3.79. The maximum Gasteiger partial charge on any atom is 0.258 e. The van der Waals surface area contributed by atoms with Crippen LogP contribution in [-0.4, -0.2) is 36.6 Å². The van der Waals surface area contributed by atoms with Crippen LogP contribution in [0.4, 0.5) is 0 Å². The van der Waals surface area contributed by atoms with Crippen LogP contribution in [0, 0.1) is 0 Å². The summed E-state index contributed by atoms with van der Waals surface area (Å²) in [5.41, 5.74) is 0.667. The number of amides is 1. The van der Waals surface area contributed by atoms with Gasteiger partial charge < -0.3 is 15.4 Å². The first-order valence-corrected chi connectivity index (χ1v) is 7.28. The number of hydrogen-bond donors (Lipinski definition) is 2. The van der Waals surface area contributed by atoms with Crippen molar-refractivity contribution in [3.63, 3.8) is 0 Å². The second-order valence-electron chi connectivity index (χ2n) is 4.99. The molecule has 2 aromatic rings. The number of aromatic nitrogens is 1. The Balaban J connectivity index is 0.00000132. The highest BCUT2D eigenvalue weighted by atomic mass is 35.5. The van der Waals surface area contributed by atoms with Crippen molar-refractivity contribution in [3.05, 3.63) is 35.5 Å². The predicted octanol–water partition coefficient (Wildman–Crippen LogP) is 2.59. The van der Waals surface area contributed by atoms with E-state index in [2.05, 4.69) is 15.6 Å². The van der Waals surface area contributed by atoms with Crippen molar-refractivity contribution >= 4 is 53.2 Å². The molecule has 1 aliphatic rings. The van der Waals surface area contributed by atoms with Crippen LogP contribution in [-0.2, 0) is 4.79 Å². The van der Waals surface area contributed by atoms with Crippen LogP contribution in [0.3, 0.4) is 0 Å². The monoisotopic (exact) mass is 377 g/mol. The number of carbonyl (C=O) groups is 1. The number of benzene rings is 1. The van der Waals surface area contributed by atoms with Gasteiger partial charge in [0.1, 0.15) is 11.3 Å². The first-order valence-electron chi connectivity index (χ1n) is 6.90. The number of nitrogens with one attached hydrogen (secondary N) is 2. The van der Waals surface area contributed by atoms with Crippen LogP contribution in [0.15, 0.2) is 30.5 Å². The molecule has 0 saturated carbocycles. The number of pyridine rings is 1. The molecular formula is C15H18Cl3N3O2. The van der Waals surface area contributed by atoms with Gasteiger partial charge >= 0.3 is 0 Å². The molecule has 1 aliphatic heterocycles. The average molecular weight is 379 g/mol. The minimum absolute atomic E-state index is 0. The fraction of sp³-hybridized carbons (Fsp3) is 0.333. The summed E-state index contributed by atoms with van der Waals surface area (Å²) < 4.78 is 5.59. The Hall–Kier alpha value is -1.27. The Morgan fingerprint density at radius 2 is 2.22 bits per heavy atom. The molecule has 8 heteroatoms. The lowest BCUT2D eigenvalue weighted by Crippen LogP contribution is -2.39. The largest absolute Gasteiger partial charge is 0.481 e. The highest BCUT2D eigenvalue weighted by molar-refractivity contribution is 6.35. The second kappa shape index (κ2) is 9.13. The van der Waals surface area contributed by atoms with Crippen LogP contribution in [0.1, 0.15) is 6.42 Å². The van der Waals surface area contributed by atoms with E-state index in [1.807, 2.05) is 12.1 Å². The molecule has 3 rings (SSSR count). The Kier molecular flexibility index (Phi) is 7.85. The van der Waals surface area contributed by atoms with E-state index >= 15 is 0 Å². The van der Waals surface area contributed by atoms with Gasteiger partial charge in [-0.25, -0.2) is 0 Å². The zero-order chi connectivity index (χ0) is 14.7. The van der Waals surface area contributed by atoms with Gasteiger partial charge in [0.2, 0.25) is 0 Å². The smallest absolute Gasteiger partial charge is 0.258 e. The molecule has 1 amide bonds. The lowest BCUT2D eigenvalue weighted by atomic mass is 10.2. The van der Waals surface area contributed by atoms with Gasteiger partial charge in [0.05, 0.1) is 5.02 Å². The molecule has 0 radical (unpaired) electrons. The van der Waals surface area contributed by atoms with E-state index in [1.165, 1.54) is 0 Å². The molecule has 1 unspecified atom stereocenters. The number of nitrogens with zero attached hydrogens (tertiary/aromatic N) is 1. The van der Waals surface area contributed by atoms with E-state index in [-0.39, 0.29) is 43.4 Å². The van der Waals surface area contributed by atoms with Crippen molar-refractivity contribution in [1.29, 1.82) is 0 Å². The van der Waals surface area contributed by atoms with E-state index < -0.39 is 0 Å². The maximum atomic E-state index is 11.9. The van der Waals surface area contributed by atoms with E-state index in [0.717, 1.165) is 24.9 Å². The van der Waals surface area contributed by atoms with Crippen LogP contribution >= 0.6 is 36.4 Å². The molecule has 126 valence electrons. The van der Waals surface area contributed by atoms with Gasteiger partial charge in [-0.3, -0.25) is 9.78 Å². The third-order valence-electron chi connectivity index (χ3n) is 3.46. The van der Waals surface area contributed by atoms with Gasteiger partial charge in [-0.2, -0.15) is 0 Å². The molecule has 1 aromatic carbocycles. The Morgan fingerprint density at radius 3 is 2.96 bits per heavy atom. The highest BCUT2D eigenvalue weighted by Gasteiger charge is 2.17. The first-order chi connectivity index (χ1) is 10.2. The fourth-order valence-electron chi connectivity index (χ4n) is 2.42. The Labute approximate surface area is 152 Å². The molecule has 23 heavy (non-hydrogen) atoms. The Bertz CT molecular complexity index is 663. The molecule has 0 spiro atoms. The predicted molar refractivity (Wildman–Crippen MR) is 96.2 cm³/mol. The summed E-state index contributed by atoms with van der Waals surface area (Å²) in [5, 5.41) is 7.57. The zero-order valence-corrected chi connectivity index (χ0v) is 14.6. The van der Waals surface area contributed by atoms with Gasteiger partial charge in [0, 0.05) is 24.2 Å². The minimum Gasteiger partial charge on any atom is -0.481 e. The van der Waals surface area contributed by atoms with E-state index in [0.29, 0.717) is 16.3 Å². The van der Waals surface area contributed by atoms with E-state index in [4.69, 9.17) is 16.3 Å². The molecule has 1 aromatic heterocycles. The number of hydrogen-bond acceptors (Lipinski definition) is 4. The summed E-state index contributed by atoms with van der Waals surface area (Å²) in [6, 6.07) is 7.38. The molecule has 5 nitrogen and oxygen atoms in total. The van der Waals surface area contributed by atoms with Crippen LogP contribution in [0.2, 0.25) is 5.02 Å². The molecular weight excluding hydrogens is 361 g/mol. The van der Waals surface area contributed by atoms with Gasteiger partial charge in [0.15, 0.2) is 6.61 Å². The van der Waals surface area contributed by atoms with Gasteiger partial charge in [-0.05, 0) is 37.2 Å². The SMILES string of the molecule is Cl.Cl.O=C(COc1ccc(Cl)c2cccnc12)NC1CCNC1. The number of rotatable bonds is 4. The standard InChI is InChI=1S/C15H16ClN3O2.2ClH/c16-12-3-4-13(15-11(12)2-1-6-18-15)21-9-14(20)19-10-5-7-17-8-10;;/h1-4,6,10,17H,5,7-9H2,(H,19,20);2*1H. The molecule has 0 aliphatic carbocycles. The second-order valence-corrected chi connectivity index (χ2v) is 5.40. The lowest BCUT2D eigenvalue weighted by molar-refractivity contribution is -0.123. The first kappa shape index (κ1) is 19.8. The van der Waals surface area contributed by atoms with E-state index in [1.54, 1.807) is 18.3 Å². The van der Waals surface area contributed by atoms with Crippen LogP contribution < -0.4 is 15.4 Å². The summed E-state index contributed by atoms with van der Waals surface area (Å²) in [6.07, 6.45) is 2.63. The van der Waals surface area contributed by atoms with Crippen molar-refractivity contribution in [2.75, 3.05) is 19.7 Å². The summed E-state index contributed by atoms with van der Waals surface area (Å²) in [5.74, 6) is 0.442. The van der Waals surface area contributed by atoms with Gasteiger partial charge in [-0.15, -0.1) is 24.8 Å². The fourth-order valence-corrected chi connectivity index (χ4v) is 2.63. The Morgan fingerprint density at radius 1 is 1.39 bits per heavy atom. The normalized spacial score (nSPS) is 16.3. The molecule has 2 N–H and O–H groups in total. The summed E-state index contributed by atoms with van der Waals surface area (Å²) in [6.45, 7) is 1.73. The van der Waals surface area contributed by atoms with Crippen molar-refractivity contribution in [3.8, 4) is 5.75 Å². The lowest BCUT2D eigenvalue weighted by Gasteiger charge is -2.13. The molecule has 1 fully saturated rings. The van der Waals surface area contributed by atoms with Crippen molar-refractivity contribution < 1.29 is 9.53 Å². The number of halogens is 3. The minimum atomic E-state index is -0.122. The number of carbonyl (C=O) groups excluding carboxylic acids is 1. The summed E-state index contributed by atoms with van der Waals surface area (Å²) in [4.78, 5) is 16.1. The maximum absolute atomic E-state index is 11.9. The van der Waals surface area contributed by atoms with Gasteiger partial charge in [-0.1, -0.05) is 11.6 Å². The van der Waals surface area contributed by atoms with Gasteiger partial charge in [0.25, 0.3) is 5.91 Å². The van der Waals surface area contributed by atoms with E-state index in [9.17, 15) is 4.79 Å². The topological polar surface area (TPSA) is 63.2 Å².